The van der Waals surface area contributed by atoms with Crippen molar-refractivity contribution in [2.24, 2.45) is 0 Å². The largest absolute Gasteiger partial charge is 0.322 e. The Morgan fingerprint density at radius 1 is 0.864 bits per heavy atom. The Balaban J connectivity index is 1.77. The molecule has 1 aromatic heterocycles. The summed E-state index contributed by atoms with van der Waals surface area (Å²) < 4.78 is 0. The van der Waals surface area contributed by atoms with E-state index in [1.54, 1.807) is 18.3 Å². The Morgan fingerprint density at radius 3 is 2.23 bits per heavy atom. The van der Waals surface area contributed by atoms with Crippen LogP contribution in [0.4, 0.5) is 5.69 Å². The molecule has 0 aliphatic carbocycles. The number of benzene rings is 2. The quantitative estimate of drug-likeness (QED) is 0.715. The lowest BCUT2D eigenvalue weighted by Crippen LogP contribution is -2.12. The van der Waals surface area contributed by atoms with Crippen LogP contribution in [0.2, 0.25) is 5.15 Å². The Labute approximate surface area is 133 Å². The number of anilines is 1. The highest BCUT2D eigenvalue weighted by molar-refractivity contribution is 6.33. The first kappa shape index (κ1) is 14.3. The lowest BCUT2D eigenvalue weighted by molar-refractivity contribution is 0.102. The zero-order valence-electron chi connectivity index (χ0n) is 11.7. The minimum atomic E-state index is -0.273. The van der Waals surface area contributed by atoms with Crippen LogP contribution in [-0.4, -0.2) is 10.9 Å². The molecule has 22 heavy (non-hydrogen) atoms. The number of nitrogens with one attached hydrogen (secondary N) is 1. The molecular weight excluding hydrogens is 296 g/mol. The van der Waals surface area contributed by atoms with Crippen molar-refractivity contribution >= 4 is 23.2 Å². The van der Waals surface area contributed by atoms with Crippen molar-refractivity contribution in [3.05, 3.63) is 83.6 Å². The van der Waals surface area contributed by atoms with E-state index in [-0.39, 0.29) is 11.1 Å². The maximum atomic E-state index is 12.2. The van der Waals surface area contributed by atoms with Gasteiger partial charge in [-0.25, -0.2) is 4.98 Å². The van der Waals surface area contributed by atoms with Crippen LogP contribution >= 0.6 is 11.6 Å². The molecule has 0 saturated carbocycles. The van der Waals surface area contributed by atoms with Crippen LogP contribution in [0.1, 0.15) is 10.4 Å². The monoisotopic (exact) mass is 308 g/mol. The van der Waals surface area contributed by atoms with E-state index in [4.69, 9.17) is 11.6 Å². The van der Waals surface area contributed by atoms with E-state index in [0.29, 0.717) is 11.3 Å². The van der Waals surface area contributed by atoms with Crippen molar-refractivity contribution in [1.29, 1.82) is 0 Å². The van der Waals surface area contributed by atoms with Crippen molar-refractivity contribution in [3.63, 3.8) is 0 Å². The van der Waals surface area contributed by atoms with Crippen molar-refractivity contribution < 1.29 is 4.79 Å². The minimum Gasteiger partial charge on any atom is -0.322 e. The third-order valence-corrected chi connectivity index (χ3v) is 3.55. The highest BCUT2D eigenvalue weighted by Gasteiger charge is 2.10. The summed E-state index contributed by atoms with van der Waals surface area (Å²) in [6.45, 7) is 0. The second kappa shape index (κ2) is 6.41. The molecule has 3 nitrogen and oxygen atoms in total. The predicted molar refractivity (Wildman–Crippen MR) is 89.1 cm³/mol. The third kappa shape index (κ3) is 3.15. The first-order chi connectivity index (χ1) is 10.7. The number of hydrogen-bond donors (Lipinski definition) is 1. The second-order valence-corrected chi connectivity index (χ2v) is 5.10. The second-order valence-electron chi connectivity index (χ2n) is 4.74. The molecule has 4 heteroatoms. The van der Waals surface area contributed by atoms with Gasteiger partial charge in [0.25, 0.3) is 5.91 Å². The van der Waals surface area contributed by atoms with Crippen molar-refractivity contribution in [2.45, 2.75) is 0 Å². The maximum Gasteiger partial charge on any atom is 0.258 e. The zero-order valence-corrected chi connectivity index (χ0v) is 12.4. The molecule has 0 bridgehead atoms. The number of pyridine rings is 1. The smallest absolute Gasteiger partial charge is 0.258 e. The SMILES string of the molecule is O=C(Nc1ccc(-c2ccccc2)cc1)c1cccnc1Cl. The first-order valence-corrected chi connectivity index (χ1v) is 7.19. The lowest BCUT2D eigenvalue weighted by atomic mass is 10.1. The summed E-state index contributed by atoms with van der Waals surface area (Å²) >= 11 is 5.92. The van der Waals surface area contributed by atoms with Crippen molar-refractivity contribution in [2.75, 3.05) is 5.32 Å². The maximum absolute atomic E-state index is 12.2. The standard InChI is InChI=1S/C18H13ClN2O/c19-17-16(7-4-12-20-17)18(22)21-15-10-8-14(9-11-15)13-5-2-1-3-6-13/h1-12H,(H,21,22). The van der Waals surface area contributed by atoms with Gasteiger partial charge in [0.1, 0.15) is 5.15 Å². The number of halogens is 1. The molecule has 0 aliphatic rings. The number of hydrogen-bond acceptors (Lipinski definition) is 2. The van der Waals surface area contributed by atoms with Gasteiger partial charge in [0, 0.05) is 11.9 Å². The lowest BCUT2D eigenvalue weighted by Gasteiger charge is -2.07. The van der Waals surface area contributed by atoms with E-state index in [1.165, 1.54) is 0 Å². The zero-order chi connectivity index (χ0) is 15.4. The molecule has 0 spiro atoms. The molecule has 0 unspecified atom stereocenters. The molecule has 1 amide bonds. The van der Waals surface area contributed by atoms with E-state index >= 15 is 0 Å². The molecule has 1 N–H and O–H groups in total. The summed E-state index contributed by atoms with van der Waals surface area (Å²) in [5.74, 6) is -0.273. The number of rotatable bonds is 3. The Kier molecular flexibility index (Phi) is 4.17. The highest BCUT2D eigenvalue weighted by Crippen LogP contribution is 2.21. The van der Waals surface area contributed by atoms with Gasteiger partial charge in [-0.1, -0.05) is 54.1 Å². The Bertz CT molecular complexity index is 786. The van der Waals surface area contributed by atoms with E-state index in [2.05, 4.69) is 10.3 Å². The molecule has 0 fully saturated rings. The van der Waals surface area contributed by atoms with E-state index in [1.807, 2.05) is 54.6 Å². The molecule has 3 aromatic rings. The summed E-state index contributed by atoms with van der Waals surface area (Å²) in [4.78, 5) is 16.1. The van der Waals surface area contributed by atoms with Gasteiger partial charge in [-0.2, -0.15) is 0 Å². The summed E-state index contributed by atoms with van der Waals surface area (Å²) in [6, 6.07) is 21.1. The Morgan fingerprint density at radius 2 is 1.55 bits per heavy atom. The van der Waals surface area contributed by atoms with Gasteiger partial charge in [0.05, 0.1) is 5.56 Å². The van der Waals surface area contributed by atoms with Crippen LogP contribution in [0, 0.1) is 0 Å². The van der Waals surface area contributed by atoms with E-state index in [9.17, 15) is 4.79 Å². The van der Waals surface area contributed by atoms with Gasteiger partial charge in [0.2, 0.25) is 0 Å². The van der Waals surface area contributed by atoms with Crippen LogP contribution in [0.3, 0.4) is 0 Å². The molecule has 3 rings (SSSR count). The Hall–Kier alpha value is -2.65. The summed E-state index contributed by atoms with van der Waals surface area (Å²) in [5.41, 5.74) is 3.30. The van der Waals surface area contributed by atoms with Crippen LogP contribution in [-0.2, 0) is 0 Å². The van der Waals surface area contributed by atoms with Crippen molar-refractivity contribution in [3.8, 4) is 11.1 Å². The molecule has 1 heterocycles. The number of carbonyl (C=O) groups excluding carboxylic acids is 1. The van der Waals surface area contributed by atoms with E-state index < -0.39 is 0 Å². The van der Waals surface area contributed by atoms with Gasteiger partial charge in [-0.05, 0) is 35.4 Å². The fourth-order valence-electron chi connectivity index (χ4n) is 2.13. The average molecular weight is 309 g/mol. The van der Waals surface area contributed by atoms with Crippen LogP contribution in [0.15, 0.2) is 72.9 Å². The van der Waals surface area contributed by atoms with Crippen molar-refractivity contribution in [1.82, 2.24) is 4.98 Å². The fraction of sp³-hybridized carbons (Fsp3) is 0. The van der Waals surface area contributed by atoms with Gasteiger partial charge >= 0.3 is 0 Å². The van der Waals surface area contributed by atoms with Gasteiger partial charge in [-0.3, -0.25) is 4.79 Å². The third-order valence-electron chi connectivity index (χ3n) is 3.25. The molecular formula is C18H13ClN2O. The van der Waals surface area contributed by atoms with Gasteiger partial charge < -0.3 is 5.32 Å². The van der Waals surface area contributed by atoms with Crippen LogP contribution in [0.25, 0.3) is 11.1 Å². The van der Waals surface area contributed by atoms with Crippen LogP contribution < -0.4 is 5.32 Å². The fourth-order valence-corrected chi connectivity index (χ4v) is 2.34. The van der Waals surface area contributed by atoms with Gasteiger partial charge in [0.15, 0.2) is 0 Å². The summed E-state index contributed by atoms with van der Waals surface area (Å²) in [7, 11) is 0. The molecule has 0 aliphatic heterocycles. The molecule has 0 atom stereocenters. The number of nitrogens with zero attached hydrogens (tertiary/aromatic N) is 1. The first-order valence-electron chi connectivity index (χ1n) is 6.81. The number of carbonyl (C=O) groups is 1. The molecule has 108 valence electrons. The van der Waals surface area contributed by atoms with Gasteiger partial charge in [-0.15, -0.1) is 0 Å². The molecule has 2 aromatic carbocycles. The molecule has 0 saturated heterocycles. The van der Waals surface area contributed by atoms with E-state index in [0.717, 1.165) is 11.1 Å². The highest BCUT2D eigenvalue weighted by atomic mass is 35.5. The molecule has 0 radical (unpaired) electrons. The normalized spacial score (nSPS) is 10.2. The van der Waals surface area contributed by atoms with Crippen LogP contribution in [0.5, 0.6) is 0 Å². The summed E-state index contributed by atoms with van der Waals surface area (Å²) in [6.07, 6.45) is 1.55. The number of aromatic nitrogens is 1. The topological polar surface area (TPSA) is 42.0 Å². The predicted octanol–water partition coefficient (Wildman–Crippen LogP) is 4.65. The summed E-state index contributed by atoms with van der Waals surface area (Å²) in [5, 5.41) is 3.01. The minimum absolute atomic E-state index is 0.195. The average Bonchev–Trinajstić information content (AvgIpc) is 2.57. The number of amides is 1.